The number of hydrogen-bond acceptors (Lipinski definition) is 3. The van der Waals surface area contributed by atoms with Gasteiger partial charge in [0.15, 0.2) is 5.78 Å². The SMILES string of the molecule is CN1CC(=O)c2ccoc2C1. The third-order valence-corrected chi connectivity index (χ3v) is 1.87. The van der Waals surface area contributed by atoms with Gasteiger partial charge in [-0.2, -0.15) is 0 Å². The molecule has 0 atom stereocenters. The van der Waals surface area contributed by atoms with Crippen molar-refractivity contribution in [2.24, 2.45) is 0 Å². The largest absolute Gasteiger partial charge is 0.467 e. The van der Waals surface area contributed by atoms with Gasteiger partial charge in [0.05, 0.1) is 24.9 Å². The Kier molecular flexibility index (Phi) is 1.32. The Morgan fingerprint density at radius 2 is 2.36 bits per heavy atom. The van der Waals surface area contributed by atoms with Gasteiger partial charge in [0.1, 0.15) is 5.76 Å². The molecule has 1 aliphatic heterocycles. The quantitative estimate of drug-likeness (QED) is 0.552. The molecule has 0 saturated carbocycles. The number of rotatable bonds is 0. The molecule has 0 amide bonds. The smallest absolute Gasteiger partial charge is 0.180 e. The Bertz CT molecular complexity index is 290. The molecule has 1 aromatic heterocycles. The second-order valence-corrected chi connectivity index (χ2v) is 2.85. The van der Waals surface area contributed by atoms with E-state index in [0.29, 0.717) is 6.54 Å². The number of hydrogen-bond donors (Lipinski definition) is 0. The van der Waals surface area contributed by atoms with Crippen molar-refractivity contribution in [3.8, 4) is 0 Å². The standard InChI is InChI=1S/C8H9NO2/c1-9-4-7(10)6-2-3-11-8(6)5-9/h2-3H,4-5H2,1H3. The maximum Gasteiger partial charge on any atom is 0.180 e. The third kappa shape index (κ3) is 0.973. The van der Waals surface area contributed by atoms with E-state index in [2.05, 4.69) is 0 Å². The molecular weight excluding hydrogens is 142 g/mol. The summed E-state index contributed by atoms with van der Waals surface area (Å²) in [5.41, 5.74) is 0.753. The summed E-state index contributed by atoms with van der Waals surface area (Å²) in [5.74, 6) is 0.950. The van der Waals surface area contributed by atoms with Crippen LogP contribution in [0.3, 0.4) is 0 Å². The van der Waals surface area contributed by atoms with Crippen molar-refractivity contribution >= 4 is 5.78 Å². The van der Waals surface area contributed by atoms with Gasteiger partial charge in [-0.25, -0.2) is 0 Å². The highest BCUT2D eigenvalue weighted by atomic mass is 16.3. The van der Waals surface area contributed by atoms with Crippen LogP contribution >= 0.6 is 0 Å². The fourth-order valence-corrected chi connectivity index (χ4v) is 1.34. The molecule has 3 nitrogen and oxygen atoms in total. The Balaban J connectivity index is 2.44. The Morgan fingerprint density at radius 3 is 3.18 bits per heavy atom. The zero-order chi connectivity index (χ0) is 7.84. The molecule has 1 aromatic rings. The van der Waals surface area contributed by atoms with E-state index < -0.39 is 0 Å². The van der Waals surface area contributed by atoms with Crippen LogP contribution in [0.15, 0.2) is 16.7 Å². The molecule has 0 saturated heterocycles. The number of ketones is 1. The fraction of sp³-hybridized carbons (Fsp3) is 0.375. The zero-order valence-corrected chi connectivity index (χ0v) is 6.33. The van der Waals surface area contributed by atoms with Crippen molar-refractivity contribution in [2.75, 3.05) is 13.6 Å². The highest BCUT2D eigenvalue weighted by Gasteiger charge is 2.22. The number of furan rings is 1. The van der Waals surface area contributed by atoms with Gasteiger partial charge in [0.2, 0.25) is 0 Å². The molecule has 0 N–H and O–H groups in total. The van der Waals surface area contributed by atoms with Gasteiger partial charge >= 0.3 is 0 Å². The molecule has 2 heterocycles. The molecule has 0 fully saturated rings. The summed E-state index contributed by atoms with van der Waals surface area (Å²) < 4.78 is 5.13. The molecule has 0 bridgehead atoms. The number of Topliss-reactive ketones (excluding diaryl/α,β-unsaturated/α-hetero) is 1. The summed E-state index contributed by atoms with van der Waals surface area (Å²) in [6, 6.07) is 1.74. The topological polar surface area (TPSA) is 33.5 Å². The first-order valence-electron chi connectivity index (χ1n) is 3.55. The lowest BCUT2D eigenvalue weighted by Crippen LogP contribution is -2.30. The minimum atomic E-state index is 0.155. The summed E-state index contributed by atoms with van der Waals surface area (Å²) in [7, 11) is 1.91. The number of carbonyl (C=O) groups is 1. The van der Waals surface area contributed by atoms with E-state index in [0.717, 1.165) is 17.9 Å². The predicted molar refractivity (Wildman–Crippen MR) is 39.4 cm³/mol. The van der Waals surface area contributed by atoms with Crippen LogP contribution in [-0.2, 0) is 6.54 Å². The van der Waals surface area contributed by atoms with Gasteiger partial charge in [-0.05, 0) is 13.1 Å². The molecule has 0 spiro atoms. The third-order valence-electron chi connectivity index (χ3n) is 1.87. The molecule has 0 aliphatic carbocycles. The van der Waals surface area contributed by atoms with Crippen LogP contribution in [0.1, 0.15) is 16.1 Å². The van der Waals surface area contributed by atoms with E-state index in [1.54, 1.807) is 12.3 Å². The van der Waals surface area contributed by atoms with Crippen molar-refractivity contribution in [1.82, 2.24) is 4.90 Å². The van der Waals surface area contributed by atoms with Crippen molar-refractivity contribution in [3.63, 3.8) is 0 Å². The molecular formula is C8H9NO2. The Hall–Kier alpha value is -1.09. The molecule has 11 heavy (non-hydrogen) atoms. The summed E-state index contributed by atoms with van der Waals surface area (Å²) in [6.45, 7) is 1.25. The van der Waals surface area contributed by atoms with Crippen LogP contribution < -0.4 is 0 Å². The summed E-state index contributed by atoms with van der Waals surface area (Å²) in [6.07, 6.45) is 1.57. The van der Waals surface area contributed by atoms with Crippen molar-refractivity contribution < 1.29 is 9.21 Å². The van der Waals surface area contributed by atoms with E-state index in [9.17, 15) is 4.79 Å². The highest BCUT2D eigenvalue weighted by Crippen LogP contribution is 2.17. The zero-order valence-electron chi connectivity index (χ0n) is 6.33. The first kappa shape index (κ1) is 6.61. The van der Waals surface area contributed by atoms with Crippen LogP contribution in [0.4, 0.5) is 0 Å². The Labute approximate surface area is 64.6 Å². The number of likely N-dealkylation sites (N-methyl/N-ethyl adjacent to an activating group) is 1. The number of fused-ring (bicyclic) bond motifs is 1. The van der Waals surface area contributed by atoms with Gasteiger partial charge < -0.3 is 4.42 Å². The molecule has 3 heteroatoms. The first-order chi connectivity index (χ1) is 5.27. The average molecular weight is 151 g/mol. The summed E-state index contributed by atoms with van der Waals surface area (Å²) in [5, 5.41) is 0. The number of carbonyl (C=O) groups excluding carboxylic acids is 1. The second-order valence-electron chi connectivity index (χ2n) is 2.85. The van der Waals surface area contributed by atoms with Gasteiger partial charge in [0.25, 0.3) is 0 Å². The van der Waals surface area contributed by atoms with Crippen molar-refractivity contribution in [2.45, 2.75) is 6.54 Å². The van der Waals surface area contributed by atoms with Crippen LogP contribution in [0, 0.1) is 0 Å². The minimum absolute atomic E-state index is 0.155. The minimum Gasteiger partial charge on any atom is -0.467 e. The van der Waals surface area contributed by atoms with Gasteiger partial charge in [-0.15, -0.1) is 0 Å². The predicted octanol–water partition coefficient (Wildman–Crippen LogP) is 0.908. The van der Waals surface area contributed by atoms with Crippen LogP contribution in [-0.4, -0.2) is 24.3 Å². The molecule has 0 aromatic carbocycles. The van der Waals surface area contributed by atoms with Crippen LogP contribution in [0.25, 0.3) is 0 Å². The lowest BCUT2D eigenvalue weighted by atomic mass is 10.1. The maximum absolute atomic E-state index is 11.3. The maximum atomic E-state index is 11.3. The normalized spacial score (nSPS) is 18.5. The average Bonchev–Trinajstić information content (AvgIpc) is 2.34. The molecule has 1 aliphatic rings. The van der Waals surface area contributed by atoms with Crippen LogP contribution in [0.2, 0.25) is 0 Å². The van der Waals surface area contributed by atoms with Crippen LogP contribution in [0.5, 0.6) is 0 Å². The van der Waals surface area contributed by atoms with Gasteiger partial charge in [-0.1, -0.05) is 0 Å². The summed E-state index contributed by atoms with van der Waals surface area (Å²) >= 11 is 0. The monoisotopic (exact) mass is 151 g/mol. The fourth-order valence-electron chi connectivity index (χ4n) is 1.34. The lowest BCUT2D eigenvalue weighted by Gasteiger charge is -2.19. The van der Waals surface area contributed by atoms with E-state index in [-0.39, 0.29) is 5.78 Å². The van der Waals surface area contributed by atoms with Crippen molar-refractivity contribution in [3.05, 3.63) is 23.7 Å². The molecule has 2 rings (SSSR count). The first-order valence-corrected chi connectivity index (χ1v) is 3.55. The van der Waals surface area contributed by atoms with E-state index in [1.165, 1.54) is 0 Å². The second kappa shape index (κ2) is 2.20. The molecule has 58 valence electrons. The van der Waals surface area contributed by atoms with Gasteiger partial charge in [0, 0.05) is 0 Å². The Morgan fingerprint density at radius 1 is 1.55 bits per heavy atom. The highest BCUT2D eigenvalue weighted by molar-refractivity contribution is 5.99. The van der Waals surface area contributed by atoms with E-state index in [4.69, 9.17) is 4.42 Å². The number of nitrogens with zero attached hydrogens (tertiary/aromatic N) is 1. The lowest BCUT2D eigenvalue weighted by molar-refractivity contribution is 0.0913. The van der Waals surface area contributed by atoms with Crippen molar-refractivity contribution in [1.29, 1.82) is 0 Å². The molecule has 0 unspecified atom stereocenters. The van der Waals surface area contributed by atoms with Gasteiger partial charge in [-0.3, -0.25) is 9.69 Å². The van der Waals surface area contributed by atoms with E-state index in [1.807, 2.05) is 11.9 Å². The molecule has 0 radical (unpaired) electrons. The summed E-state index contributed by atoms with van der Waals surface area (Å²) in [4.78, 5) is 13.2. The van der Waals surface area contributed by atoms with E-state index >= 15 is 0 Å².